The molecule has 0 saturated heterocycles. The second-order valence-corrected chi connectivity index (χ2v) is 5.30. The number of benzene rings is 1. The lowest BCUT2D eigenvalue weighted by atomic mass is 10.2. The lowest BCUT2D eigenvalue weighted by molar-refractivity contribution is -0.115. The molecule has 2 aromatic heterocycles. The Morgan fingerprint density at radius 1 is 1.24 bits per heavy atom. The number of furan rings is 1. The summed E-state index contributed by atoms with van der Waals surface area (Å²) < 4.78 is 5.16. The van der Waals surface area contributed by atoms with Crippen molar-refractivity contribution in [2.45, 2.75) is 6.42 Å². The van der Waals surface area contributed by atoms with Crippen LogP contribution in [0, 0.1) is 0 Å². The van der Waals surface area contributed by atoms with E-state index < -0.39 is 5.97 Å². The number of carbonyl (C=O) groups is 2. The summed E-state index contributed by atoms with van der Waals surface area (Å²) in [4.78, 5) is 22.8. The average Bonchev–Trinajstić information content (AvgIpc) is 3.06. The predicted octanol–water partition coefficient (Wildman–Crippen LogP) is 3.37. The Labute approximate surface area is 123 Å². The van der Waals surface area contributed by atoms with E-state index >= 15 is 0 Å². The summed E-state index contributed by atoms with van der Waals surface area (Å²) in [7, 11) is 0. The highest BCUT2D eigenvalue weighted by Crippen LogP contribution is 2.23. The minimum Gasteiger partial charge on any atom is -0.475 e. The van der Waals surface area contributed by atoms with E-state index in [-0.39, 0.29) is 11.7 Å². The summed E-state index contributed by atoms with van der Waals surface area (Å²) in [6, 6.07) is 8.36. The van der Waals surface area contributed by atoms with E-state index in [0.717, 1.165) is 5.56 Å². The maximum Gasteiger partial charge on any atom is 0.371 e. The van der Waals surface area contributed by atoms with Crippen LogP contribution in [-0.4, -0.2) is 17.0 Å². The van der Waals surface area contributed by atoms with Gasteiger partial charge in [0.25, 0.3) is 0 Å². The zero-order chi connectivity index (χ0) is 14.8. The number of anilines is 1. The third-order valence-electron chi connectivity index (χ3n) is 2.96. The first-order chi connectivity index (χ1) is 10.1. The monoisotopic (exact) mass is 301 g/mol. The molecule has 21 heavy (non-hydrogen) atoms. The summed E-state index contributed by atoms with van der Waals surface area (Å²) in [6.07, 6.45) is 0.313. The fraction of sp³-hybridized carbons (Fsp3) is 0.0667. The number of thiophene rings is 1. The van der Waals surface area contributed by atoms with E-state index in [1.807, 2.05) is 16.8 Å². The van der Waals surface area contributed by atoms with E-state index in [9.17, 15) is 9.59 Å². The Balaban J connectivity index is 1.77. The Morgan fingerprint density at radius 2 is 2.10 bits per heavy atom. The van der Waals surface area contributed by atoms with Crippen molar-refractivity contribution in [3.63, 3.8) is 0 Å². The van der Waals surface area contributed by atoms with Crippen molar-refractivity contribution < 1.29 is 19.1 Å². The number of aromatic carboxylic acids is 1. The highest BCUT2D eigenvalue weighted by atomic mass is 32.1. The molecule has 0 aliphatic heterocycles. The number of fused-ring (bicyclic) bond motifs is 1. The van der Waals surface area contributed by atoms with E-state index in [0.29, 0.717) is 23.1 Å². The van der Waals surface area contributed by atoms with Crippen LogP contribution in [0.25, 0.3) is 11.0 Å². The molecule has 5 nitrogen and oxygen atoms in total. The normalized spacial score (nSPS) is 10.7. The van der Waals surface area contributed by atoms with Gasteiger partial charge in [-0.05, 0) is 46.7 Å². The number of hydrogen-bond donors (Lipinski definition) is 2. The molecule has 0 bridgehead atoms. The molecule has 2 N–H and O–H groups in total. The average molecular weight is 301 g/mol. The van der Waals surface area contributed by atoms with Gasteiger partial charge in [0.1, 0.15) is 5.58 Å². The second-order valence-electron chi connectivity index (χ2n) is 4.52. The minimum absolute atomic E-state index is 0.116. The second kappa shape index (κ2) is 5.41. The summed E-state index contributed by atoms with van der Waals surface area (Å²) in [5.41, 5.74) is 2.05. The van der Waals surface area contributed by atoms with Gasteiger partial charge in [0.2, 0.25) is 11.7 Å². The highest BCUT2D eigenvalue weighted by molar-refractivity contribution is 7.08. The van der Waals surface area contributed by atoms with Gasteiger partial charge in [-0.2, -0.15) is 11.3 Å². The number of hydrogen-bond acceptors (Lipinski definition) is 4. The molecule has 1 amide bonds. The van der Waals surface area contributed by atoms with Gasteiger partial charge in [0.05, 0.1) is 6.42 Å². The van der Waals surface area contributed by atoms with Crippen molar-refractivity contribution in [1.29, 1.82) is 0 Å². The molecule has 0 spiro atoms. The van der Waals surface area contributed by atoms with Crippen LogP contribution in [0.5, 0.6) is 0 Å². The van der Waals surface area contributed by atoms with E-state index in [2.05, 4.69) is 5.32 Å². The number of carbonyl (C=O) groups excluding carboxylic acids is 1. The van der Waals surface area contributed by atoms with Crippen LogP contribution in [-0.2, 0) is 11.2 Å². The molecule has 0 aliphatic rings. The molecule has 106 valence electrons. The molecule has 0 unspecified atom stereocenters. The van der Waals surface area contributed by atoms with Crippen LogP contribution in [0.2, 0.25) is 0 Å². The molecule has 2 heterocycles. The van der Waals surface area contributed by atoms with Crippen molar-refractivity contribution in [2.75, 3.05) is 5.32 Å². The molecule has 0 saturated carbocycles. The highest BCUT2D eigenvalue weighted by Gasteiger charge is 2.11. The van der Waals surface area contributed by atoms with Gasteiger partial charge >= 0.3 is 5.97 Å². The Hall–Kier alpha value is -2.60. The Bertz CT molecular complexity index is 804. The Kier molecular flexibility index (Phi) is 3.45. The number of amides is 1. The third kappa shape index (κ3) is 2.95. The van der Waals surface area contributed by atoms with Gasteiger partial charge in [0.15, 0.2) is 0 Å². The minimum atomic E-state index is -1.12. The van der Waals surface area contributed by atoms with Crippen LogP contribution in [0.4, 0.5) is 5.69 Å². The zero-order valence-electron chi connectivity index (χ0n) is 10.8. The van der Waals surface area contributed by atoms with Crippen molar-refractivity contribution in [2.24, 2.45) is 0 Å². The first-order valence-corrected chi connectivity index (χ1v) is 7.14. The summed E-state index contributed by atoms with van der Waals surface area (Å²) in [6.45, 7) is 0. The van der Waals surface area contributed by atoms with Crippen LogP contribution in [0.1, 0.15) is 16.1 Å². The lowest BCUT2D eigenvalue weighted by Gasteiger charge is -2.04. The molecule has 1 aromatic carbocycles. The topological polar surface area (TPSA) is 79.5 Å². The van der Waals surface area contributed by atoms with Crippen molar-refractivity contribution in [3.8, 4) is 0 Å². The first kappa shape index (κ1) is 13.4. The van der Waals surface area contributed by atoms with Gasteiger partial charge in [-0.3, -0.25) is 4.79 Å². The number of nitrogens with one attached hydrogen (secondary N) is 1. The number of carboxylic acids is 1. The Morgan fingerprint density at radius 3 is 2.81 bits per heavy atom. The van der Waals surface area contributed by atoms with Gasteiger partial charge in [-0.25, -0.2) is 4.79 Å². The van der Waals surface area contributed by atoms with Crippen LogP contribution >= 0.6 is 11.3 Å². The van der Waals surface area contributed by atoms with Gasteiger partial charge in [-0.1, -0.05) is 0 Å². The molecular weight excluding hydrogens is 290 g/mol. The predicted molar refractivity (Wildman–Crippen MR) is 79.8 cm³/mol. The molecule has 0 aliphatic carbocycles. The molecule has 0 fully saturated rings. The fourth-order valence-corrected chi connectivity index (χ4v) is 2.68. The smallest absolute Gasteiger partial charge is 0.371 e. The number of carboxylic acid groups (broad SMARTS) is 1. The first-order valence-electron chi connectivity index (χ1n) is 6.19. The van der Waals surface area contributed by atoms with E-state index in [4.69, 9.17) is 9.52 Å². The van der Waals surface area contributed by atoms with Crippen molar-refractivity contribution in [3.05, 3.63) is 52.4 Å². The molecule has 3 aromatic rings. The third-order valence-corrected chi connectivity index (χ3v) is 3.69. The van der Waals surface area contributed by atoms with Crippen molar-refractivity contribution in [1.82, 2.24) is 0 Å². The largest absolute Gasteiger partial charge is 0.475 e. The molecule has 6 heteroatoms. The zero-order valence-corrected chi connectivity index (χ0v) is 11.6. The van der Waals surface area contributed by atoms with Crippen molar-refractivity contribution >= 4 is 39.9 Å². The SMILES string of the molecule is O=C(Cc1ccsc1)Nc1ccc2oc(C(=O)O)cc2c1. The van der Waals surface area contributed by atoms with Gasteiger partial charge < -0.3 is 14.8 Å². The lowest BCUT2D eigenvalue weighted by Crippen LogP contribution is -2.13. The standard InChI is InChI=1S/C15H11NO4S/c17-14(5-9-3-4-21-8-9)16-11-1-2-12-10(6-11)7-13(20-12)15(18)19/h1-4,6-8H,5H2,(H,16,17)(H,18,19). The molecule has 0 radical (unpaired) electrons. The summed E-state index contributed by atoms with van der Waals surface area (Å²) in [5.74, 6) is -1.35. The number of rotatable bonds is 4. The van der Waals surface area contributed by atoms with E-state index in [1.54, 1.807) is 29.5 Å². The maximum absolute atomic E-state index is 11.9. The molecule has 3 rings (SSSR count). The van der Waals surface area contributed by atoms with Crippen LogP contribution < -0.4 is 5.32 Å². The van der Waals surface area contributed by atoms with Crippen LogP contribution in [0.3, 0.4) is 0 Å². The molecule has 0 atom stereocenters. The quantitative estimate of drug-likeness (QED) is 0.774. The van der Waals surface area contributed by atoms with E-state index in [1.165, 1.54) is 6.07 Å². The summed E-state index contributed by atoms with van der Waals surface area (Å²) in [5, 5.41) is 16.2. The molecular formula is C15H11NO4S. The van der Waals surface area contributed by atoms with Gasteiger partial charge in [-0.15, -0.1) is 0 Å². The maximum atomic E-state index is 11.9. The van der Waals surface area contributed by atoms with Gasteiger partial charge in [0, 0.05) is 11.1 Å². The van der Waals surface area contributed by atoms with Crippen LogP contribution in [0.15, 0.2) is 45.5 Å². The fourth-order valence-electron chi connectivity index (χ4n) is 2.01. The summed E-state index contributed by atoms with van der Waals surface area (Å²) >= 11 is 1.55.